The second-order valence-electron chi connectivity index (χ2n) is 10.2. The quantitative estimate of drug-likeness (QED) is 0.270. The Morgan fingerprint density at radius 1 is 0.897 bits per heavy atom. The molecule has 0 amide bonds. The van der Waals surface area contributed by atoms with Gasteiger partial charge in [-0.05, 0) is 70.6 Å². The zero-order valence-electron chi connectivity index (χ0n) is 21.8. The van der Waals surface area contributed by atoms with Gasteiger partial charge >= 0.3 is 0 Å². The van der Waals surface area contributed by atoms with Crippen molar-refractivity contribution in [2.75, 3.05) is 7.05 Å². The van der Waals surface area contributed by atoms with Crippen LogP contribution in [0.25, 0.3) is 11.4 Å². The molecule has 7 nitrogen and oxygen atoms in total. The number of tetrazole rings is 1. The number of benzene rings is 3. The molecule has 1 aromatic heterocycles. The standard InChI is InChI=1S/C29H31F2N5O2S/c1-35(19-22-7-12-25(30)13-8-22)39(37,38)27-16-11-24(17-21-5-3-2-4-6-21)28(18-27)29-32-34-36(33-29)20-23-9-14-26(31)15-10-23/h7-16,18,21H,2-6,17,19-20H2,1H3. The molecule has 0 aliphatic heterocycles. The summed E-state index contributed by atoms with van der Waals surface area (Å²) >= 11 is 0. The first-order valence-corrected chi connectivity index (χ1v) is 14.6. The van der Waals surface area contributed by atoms with Gasteiger partial charge in [0, 0.05) is 19.2 Å². The van der Waals surface area contributed by atoms with E-state index >= 15 is 0 Å². The Kier molecular flexibility index (Phi) is 8.13. The molecule has 1 aliphatic rings. The van der Waals surface area contributed by atoms with Gasteiger partial charge < -0.3 is 0 Å². The third-order valence-corrected chi connectivity index (χ3v) is 9.07. The molecular weight excluding hydrogens is 520 g/mol. The van der Waals surface area contributed by atoms with E-state index < -0.39 is 10.0 Å². The highest BCUT2D eigenvalue weighted by atomic mass is 32.2. The first kappa shape index (κ1) is 27.1. The SMILES string of the molecule is CN(Cc1ccc(F)cc1)S(=O)(=O)c1ccc(CC2CCCCC2)c(-c2nnn(Cc3ccc(F)cc3)n2)c1. The van der Waals surface area contributed by atoms with E-state index in [9.17, 15) is 17.2 Å². The van der Waals surface area contributed by atoms with Crippen LogP contribution in [0, 0.1) is 17.6 Å². The van der Waals surface area contributed by atoms with Gasteiger partial charge in [-0.15, -0.1) is 10.2 Å². The van der Waals surface area contributed by atoms with Gasteiger partial charge in [0.1, 0.15) is 11.6 Å². The van der Waals surface area contributed by atoms with Gasteiger partial charge in [0.15, 0.2) is 0 Å². The van der Waals surface area contributed by atoms with E-state index in [0.29, 0.717) is 29.4 Å². The summed E-state index contributed by atoms with van der Waals surface area (Å²) in [6.07, 6.45) is 6.75. The molecule has 0 unspecified atom stereocenters. The molecule has 10 heteroatoms. The predicted molar refractivity (Wildman–Crippen MR) is 144 cm³/mol. The Bertz CT molecular complexity index is 1520. The maximum absolute atomic E-state index is 13.5. The van der Waals surface area contributed by atoms with Crippen molar-refractivity contribution in [3.63, 3.8) is 0 Å². The molecule has 0 N–H and O–H groups in total. The molecule has 0 atom stereocenters. The number of rotatable bonds is 9. The second-order valence-corrected chi connectivity index (χ2v) is 12.2. The second kappa shape index (κ2) is 11.7. The lowest BCUT2D eigenvalue weighted by molar-refractivity contribution is 0.357. The van der Waals surface area contributed by atoms with Crippen molar-refractivity contribution < 1.29 is 17.2 Å². The molecule has 1 heterocycles. The largest absolute Gasteiger partial charge is 0.243 e. The monoisotopic (exact) mass is 551 g/mol. The third kappa shape index (κ3) is 6.57. The Hall–Kier alpha value is -3.50. The molecule has 5 rings (SSSR count). The van der Waals surface area contributed by atoms with Crippen LogP contribution in [0.3, 0.4) is 0 Å². The maximum atomic E-state index is 13.5. The van der Waals surface area contributed by atoms with E-state index in [1.165, 1.54) is 59.7 Å². The van der Waals surface area contributed by atoms with Crippen LogP contribution in [0.5, 0.6) is 0 Å². The van der Waals surface area contributed by atoms with Crippen molar-refractivity contribution in [1.82, 2.24) is 24.5 Å². The van der Waals surface area contributed by atoms with E-state index in [0.717, 1.165) is 30.4 Å². The normalized spacial score (nSPS) is 14.7. The van der Waals surface area contributed by atoms with Crippen LogP contribution >= 0.6 is 0 Å². The van der Waals surface area contributed by atoms with Crippen molar-refractivity contribution in [3.8, 4) is 11.4 Å². The van der Waals surface area contributed by atoms with E-state index in [2.05, 4.69) is 15.4 Å². The third-order valence-electron chi connectivity index (χ3n) is 7.27. The zero-order chi connectivity index (χ0) is 27.4. The van der Waals surface area contributed by atoms with Crippen LogP contribution in [0.2, 0.25) is 0 Å². The summed E-state index contributed by atoms with van der Waals surface area (Å²) < 4.78 is 54.9. The summed E-state index contributed by atoms with van der Waals surface area (Å²) in [5.41, 5.74) is 3.13. The fraction of sp³-hybridized carbons (Fsp3) is 0.345. The molecule has 204 valence electrons. The molecule has 1 saturated carbocycles. The van der Waals surface area contributed by atoms with Gasteiger partial charge in [-0.1, -0.05) is 62.4 Å². The molecular formula is C29H31F2N5O2S. The molecule has 3 aromatic carbocycles. The number of nitrogens with zero attached hydrogens (tertiary/aromatic N) is 5. The van der Waals surface area contributed by atoms with E-state index in [1.807, 2.05) is 6.07 Å². The number of hydrogen-bond donors (Lipinski definition) is 0. The number of halogens is 2. The highest BCUT2D eigenvalue weighted by Gasteiger charge is 2.25. The minimum Gasteiger partial charge on any atom is -0.207 e. The number of sulfonamides is 1. The minimum atomic E-state index is -3.85. The Morgan fingerprint density at radius 2 is 1.54 bits per heavy atom. The average molecular weight is 552 g/mol. The summed E-state index contributed by atoms with van der Waals surface area (Å²) in [4.78, 5) is 1.55. The first-order chi connectivity index (χ1) is 18.8. The van der Waals surface area contributed by atoms with E-state index in [1.54, 1.807) is 36.4 Å². The lowest BCUT2D eigenvalue weighted by Gasteiger charge is -2.23. The number of aromatic nitrogens is 4. The Morgan fingerprint density at radius 3 is 2.21 bits per heavy atom. The van der Waals surface area contributed by atoms with Crippen molar-refractivity contribution in [2.24, 2.45) is 5.92 Å². The molecule has 4 aromatic rings. The summed E-state index contributed by atoms with van der Waals surface area (Å²) in [5, 5.41) is 13.0. The lowest BCUT2D eigenvalue weighted by atomic mass is 9.84. The van der Waals surface area contributed by atoms with Crippen LogP contribution in [-0.4, -0.2) is 40.0 Å². The van der Waals surface area contributed by atoms with Gasteiger partial charge in [-0.3, -0.25) is 0 Å². The summed E-state index contributed by atoms with van der Waals surface area (Å²) in [7, 11) is -2.35. The molecule has 39 heavy (non-hydrogen) atoms. The molecule has 0 bridgehead atoms. The summed E-state index contributed by atoms with van der Waals surface area (Å²) in [5.74, 6) is 0.180. The molecule has 0 radical (unpaired) electrons. The van der Waals surface area contributed by atoms with Gasteiger partial charge in [0.05, 0.1) is 11.4 Å². The Balaban J connectivity index is 1.45. The molecule has 1 fully saturated rings. The van der Waals surface area contributed by atoms with E-state index in [4.69, 9.17) is 0 Å². The minimum absolute atomic E-state index is 0.105. The zero-order valence-corrected chi connectivity index (χ0v) is 22.6. The van der Waals surface area contributed by atoms with Crippen LogP contribution in [0.15, 0.2) is 71.6 Å². The van der Waals surface area contributed by atoms with Crippen molar-refractivity contribution >= 4 is 10.0 Å². The van der Waals surface area contributed by atoms with Gasteiger partial charge in [-0.2, -0.15) is 9.10 Å². The lowest BCUT2D eigenvalue weighted by Crippen LogP contribution is -2.26. The molecule has 0 saturated heterocycles. The van der Waals surface area contributed by atoms with Crippen LogP contribution in [0.1, 0.15) is 48.8 Å². The van der Waals surface area contributed by atoms with Gasteiger partial charge in [0.25, 0.3) is 0 Å². The fourth-order valence-corrected chi connectivity index (χ4v) is 6.27. The van der Waals surface area contributed by atoms with Crippen LogP contribution in [0.4, 0.5) is 8.78 Å². The smallest absolute Gasteiger partial charge is 0.207 e. The van der Waals surface area contributed by atoms with Crippen molar-refractivity contribution in [3.05, 3.63) is 95.1 Å². The first-order valence-electron chi connectivity index (χ1n) is 13.1. The van der Waals surface area contributed by atoms with Crippen molar-refractivity contribution in [1.29, 1.82) is 0 Å². The predicted octanol–water partition coefficient (Wildman–Crippen LogP) is 5.61. The highest BCUT2D eigenvalue weighted by Crippen LogP contribution is 2.32. The van der Waals surface area contributed by atoms with Gasteiger partial charge in [0.2, 0.25) is 15.8 Å². The van der Waals surface area contributed by atoms with Gasteiger partial charge in [-0.25, -0.2) is 17.2 Å². The molecule has 0 spiro atoms. The maximum Gasteiger partial charge on any atom is 0.243 e. The number of hydrogen-bond acceptors (Lipinski definition) is 5. The van der Waals surface area contributed by atoms with Crippen molar-refractivity contribution in [2.45, 2.75) is 56.5 Å². The topological polar surface area (TPSA) is 81.0 Å². The van der Waals surface area contributed by atoms with Crippen LogP contribution < -0.4 is 0 Å². The fourth-order valence-electron chi connectivity index (χ4n) is 5.09. The average Bonchev–Trinajstić information content (AvgIpc) is 3.40. The molecule has 1 aliphatic carbocycles. The summed E-state index contributed by atoms with van der Waals surface area (Å²) in [6, 6.07) is 17.0. The Labute approximate surface area is 227 Å². The van der Waals surface area contributed by atoms with E-state index in [-0.39, 0.29) is 23.1 Å². The van der Waals surface area contributed by atoms with Crippen LogP contribution in [-0.2, 0) is 29.5 Å². The summed E-state index contributed by atoms with van der Waals surface area (Å²) in [6.45, 7) is 0.414. The highest BCUT2D eigenvalue weighted by molar-refractivity contribution is 7.89.